The van der Waals surface area contributed by atoms with Crippen molar-refractivity contribution in [2.24, 2.45) is 20.5 Å². The van der Waals surface area contributed by atoms with Crippen LogP contribution in [0.2, 0.25) is 0 Å². The molecule has 0 aromatic heterocycles. The van der Waals surface area contributed by atoms with Gasteiger partial charge in [-0.2, -0.15) is 12.6 Å². The van der Waals surface area contributed by atoms with E-state index in [2.05, 4.69) is 51.0 Å². The van der Waals surface area contributed by atoms with Crippen LogP contribution in [-0.2, 0) is 19.7 Å². The third kappa shape index (κ3) is 7.96. The van der Waals surface area contributed by atoms with E-state index in [1.165, 1.54) is 50.6 Å². The minimum Gasteiger partial charge on any atom is -0.505 e. The minimum absolute atomic E-state index is 0.0345. The van der Waals surface area contributed by atoms with E-state index in [1.54, 1.807) is 18.2 Å². The molecular formula is C29H31N5O9S4. The number of phenols is 1. The standard InChI is InChI=1S/C29H31N5O9S4/c1-42-24-7-3-17(46(38,39)11-9-35)13-22(24)31-33-27-20-15-26(45)28(29(37)19(20)5-6-21(27)30-16-44)34-32-23-14-18(4-8-25(23)43-2)47(40,41)12-10-36/h3-8,13-15,30,35-37,44-45H,9-12,16H2,1-2H3/b33-31+,34-32+. The number of phenolic OH excluding ortho intramolecular Hbond substituents is 1. The number of anilines is 1. The summed E-state index contributed by atoms with van der Waals surface area (Å²) in [7, 11) is -4.82. The summed E-state index contributed by atoms with van der Waals surface area (Å²) in [6.45, 7) is -1.11. The molecule has 0 amide bonds. The number of nitrogens with zero attached hydrogens (tertiary/aromatic N) is 4. The van der Waals surface area contributed by atoms with Crippen molar-refractivity contribution in [3.63, 3.8) is 0 Å². The molecule has 4 aromatic rings. The highest BCUT2D eigenvalue weighted by molar-refractivity contribution is 7.91. The molecule has 0 fully saturated rings. The van der Waals surface area contributed by atoms with Gasteiger partial charge in [-0.05, 0) is 54.6 Å². The van der Waals surface area contributed by atoms with Crippen LogP contribution in [0.1, 0.15) is 0 Å². The molecule has 14 nitrogen and oxygen atoms in total. The summed E-state index contributed by atoms with van der Waals surface area (Å²) in [6.07, 6.45) is 0. The third-order valence-electron chi connectivity index (χ3n) is 6.74. The average molecular weight is 722 g/mol. The molecule has 0 spiro atoms. The molecule has 0 radical (unpaired) electrons. The summed E-state index contributed by atoms with van der Waals surface area (Å²) >= 11 is 8.75. The Balaban J connectivity index is 1.84. The predicted molar refractivity (Wildman–Crippen MR) is 183 cm³/mol. The molecule has 0 aliphatic rings. The van der Waals surface area contributed by atoms with Gasteiger partial charge in [0.1, 0.15) is 34.2 Å². The number of hydrogen-bond donors (Lipinski definition) is 6. The molecule has 18 heteroatoms. The maximum atomic E-state index is 12.6. The monoisotopic (exact) mass is 721 g/mol. The molecule has 0 unspecified atom stereocenters. The van der Waals surface area contributed by atoms with Crippen molar-refractivity contribution >= 4 is 84.1 Å². The van der Waals surface area contributed by atoms with Crippen molar-refractivity contribution in [3.05, 3.63) is 54.6 Å². The first-order chi connectivity index (χ1) is 22.4. The molecule has 0 aliphatic heterocycles. The first-order valence-electron chi connectivity index (χ1n) is 13.6. The van der Waals surface area contributed by atoms with E-state index < -0.39 is 44.4 Å². The van der Waals surface area contributed by atoms with Gasteiger partial charge in [0.25, 0.3) is 0 Å². The number of methoxy groups -OCH3 is 2. The minimum atomic E-state index is -3.79. The van der Waals surface area contributed by atoms with Crippen LogP contribution in [0.4, 0.5) is 28.4 Å². The molecule has 4 rings (SSSR count). The first-order valence-corrected chi connectivity index (χ1v) is 18.0. The second-order valence-corrected chi connectivity index (χ2v) is 14.7. The number of thiol groups is 2. The van der Waals surface area contributed by atoms with Crippen LogP contribution in [0.5, 0.6) is 17.2 Å². The Hall–Kier alpha value is -3.94. The second-order valence-electron chi connectivity index (χ2n) is 9.64. The molecule has 47 heavy (non-hydrogen) atoms. The average Bonchev–Trinajstić information content (AvgIpc) is 3.04. The molecule has 0 bridgehead atoms. The van der Waals surface area contributed by atoms with Crippen LogP contribution < -0.4 is 14.8 Å². The molecule has 0 atom stereocenters. The van der Waals surface area contributed by atoms with Gasteiger partial charge in [-0.3, -0.25) is 0 Å². The van der Waals surface area contributed by atoms with Crippen LogP contribution in [0, 0.1) is 0 Å². The van der Waals surface area contributed by atoms with Gasteiger partial charge >= 0.3 is 0 Å². The zero-order valence-corrected chi connectivity index (χ0v) is 28.4. The zero-order chi connectivity index (χ0) is 34.4. The van der Waals surface area contributed by atoms with Crippen LogP contribution in [0.15, 0.2) is 89.7 Å². The summed E-state index contributed by atoms with van der Waals surface area (Å²) in [5.74, 6) is -0.598. The number of aliphatic hydroxyl groups is 2. The molecule has 250 valence electrons. The normalized spacial score (nSPS) is 12.3. The lowest BCUT2D eigenvalue weighted by atomic mass is 10.1. The van der Waals surface area contributed by atoms with Crippen LogP contribution in [-0.4, -0.2) is 77.0 Å². The van der Waals surface area contributed by atoms with Gasteiger partial charge in [0, 0.05) is 15.7 Å². The zero-order valence-electron chi connectivity index (χ0n) is 25.0. The highest BCUT2D eigenvalue weighted by Crippen LogP contribution is 2.47. The number of nitrogens with one attached hydrogen (secondary N) is 1. The number of benzene rings is 4. The Bertz CT molecular complexity index is 2070. The van der Waals surface area contributed by atoms with Crippen molar-refractivity contribution in [2.45, 2.75) is 14.7 Å². The number of ether oxygens (including phenoxy) is 2. The number of azo groups is 2. The topological polar surface area (TPSA) is 209 Å². The Morgan fingerprint density at radius 2 is 1.23 bits per heavy atom. The summed E-state index contributed by atoms with van der Waals surface area (Å²) in [4.78, 5) is 0.00446. The molecule has 0 saturated carbocycles. The number of aromatic hydroxyl groups is 1. The Kier molecular flexibility index (Phi) is 11.7. The Labute approximate surface area is 281 Å². The highest BCUT2D eigenvalue weighted by Gasteiger charge is 2.20. The van der Waals surface area contributed by atoms with E-state index in [0.717, 1.165) is 0 Å². The Morgan fingerprint density at radius 1 is 0.723 bits per heavy atom. The van der Waals surface area contributed by atoms with Gasteiger partial charge in [0.05, 0.1) is 60.3 Å². The fourth-order valence-electron chi connectivity index (χ4n) is 4.42. The summed E-state index contributed by atoms with van der Waals surface area (Å²) in [5.41, 5.74) is 0.843. The van der Waals surface area contributed by atoms with Gasteiger partial charge in [-0.15, -0.1) is 33.1 Å². The van der Waals surface area contributed by atoms with Gasteiger partial charge in [-0.25, -0.2) is 16.8 Å². The van der Waals surface area contributed by atoms with Crippen molar-refractivity contribution < 1.29 is 41.6 Å². The van der Waals surface area contributed by atoms with E-state index >= 15 is 0 Å². The van der Waals surface area contributed by atoms with E-state index in [-0.39, 0.29) is 65.9 Å². The van der Waals surface area contributed by atoms with Crippen LogP contribution in [0.3, 0.4) is 0 Å². The molecule has 4 aromatic carbocycles. The van der Waals surface area contributed by atoms with E-state index in [4.69, 9.17) is 14.6 Å². The highest BCUT2D eigenvalue weighted by atomic mass is 32.2. The van der Waals surface area contributed by atoms with Gasteiger partial charge in [-0.1, -0.05) is 0 Å². The maximum Gasteiger partial charge on any atom is 0.180 e. The van der Waals surface area contributed by atoms with Gasteiger partial charge < -0.3 is 30.1 Å². The molecule has 0 heterocycles. The first kappa shape index (κ1) is 35.9. The van der Waals surface area contributed by atoms with Crippen LogP contribution in [0.25, 0.3) is 10.8 Å². The van der Waals surface area contributed by atoms with Crippen molar-refractivity contribution in [1.82, 2.24) is 0 Å². The van der Waals surface area contributed by atoms with Crippen molar-refractivity contribution in [2.75, 3.05) is 50.1 Å². The third-order valence-corrected chi connectivity index (χ3v) is 10.6. The Morgan fingerprint density at radius 3 is 1.70 bits per heavy atom. The number of fused-ring (bicyclic) bond motifs is 1. The SMILES string of the molecule is COc1ccc(S(=O)(=O)CCO)cc1/N=N/c1c(S)cc2c(/N=N/c3cc(S(=O)(=O)CCO)ccc3OC)c(NCS)ccc2c1O. The van der Waals surface area contributed by atoms with Gasteiger partial charge in [0.15, 0.2) is 25.4 Å². The number of aliphatic hydroxyl groups excluding tert-OH is 2. The fourth-order valence-corrected chi connectivity index (χ4v) is 6.95. The number of sulfone groups is 2. The molecule has 0 aliphatic carbocycles. The summed E-state index contributed by atoms with van der Waals surface area (Å²) < 4.78 is 60.7. The maximum absolute atomic E-state index is 12.6. The lowest BCUT2D eigenvalue weighted by Gasteiger charge is -2.13. The fraction of sp³-hybridized carbons (Fsp3) is 0.241. The smallest absolute Gasteiger partial charge is 0.180 e. The van der Waals surface area contributed by atoms with Crippen molar-refractivity contribution in [1.29, 1.82) is 0 Å². The molecule has 4 N–H and O–H groups in total. The largest absolute Gasteiger partial charge is 0.505 e. The van der Waals surface area contributed by atoms with E-state index in [9.17, 15) is 27.0 Å². The lowest BCUT2D eigenvalue weighted by Crippen LogP contribution is -2.09. The quantitative estimate of drug-likeness (QED) is 0.0546. The van der Waals surface area contributed by atoms with Crippen LogP contribution >= 0.6 is 25.3 Å². The second kappa shape index (κ2) is 15.3. The number of hydrogen-bond acceptors (Lipinski definition) is 16. The lowest BCUT2D eigenvalue weighted by molar-refractivity contribution is 0.319. The summed E-state index contributed by atoms with van der Waals surface area (Å²) in [5, 5.41) is 50.3. The number of rotatable bonds is 14. The van der Waals surface area contributed by atoms with Gasteiger partial charge in [0.2, 0.25) is 0 Å². The predicted octanol–water partition coefficient (Wildman–Crippen LogP) is 5.51. The summed E-state index contributed by atoms with van der Waals surface area (Å²) in [6, 6.07) is 12.8. The van der Waals surface area contributed by atoms with E-state index in [0.29, 0.717) is 11.1 Å². The molecule has 0 saturated heterocycles. The van der Waals surface area contributed by atoms with Crippen molar-refractivity contribution in [3.8, 4) is 17.2 Å². The molecular weight excluding hydrogens is 691 g/mol. The van der Waals surface area contributed by atoms with E-state index in [1.807, 2.05) is 0 Å².